The van der Waals surface area contributed by atoms with Crippen LogP contribution in [0.15, 0.2) is 6.20 Å². The largest absolute Gasteiger partial charge is 0.461 e. The standard InChI is InChI=1S/C21H26ClF2N5O2/c1-13-11-30-7-3-6-29(13)19-15-9-25-18(22)16(24)17(15)26-20(27-19)31-12-21-4-2-5-28(21)10-14(23)8-21/h9,13-14H,2-8,10-12H2,1H3/t13?,14-,21+/m1/s1. The van der Waals surface area contributed by atoms with Gasteiger partial charge in [0.15, 0.2) is 11.0 Å². The number of alkyl halides is 1. The summed E-state index contributed by atoms with van der Waals surface area (Å²) in [6.45, 7) is 5.53. The summed E-state index contributed by atoms with van der Waals surface area (Å²) in [6.07, 6.45) is 3.81. The summed E-state index contributed by atoms with van der Waals surface area (Å²) in [7, 11) is 0. The molecule has 2 aromatic rings. The molecule has 3 atom stereocenters. The maximum atomic E-state index is 14.9. The molecule has 0 bridgehead atoms. The molecule has 0 aromatic carbocycles. The van der Waals surface area contributed by atoms with Gasteiger partial charge in [-0.05, 0) is 32.7 Å². The van der Waals surface area contributed by atoms with Gasteiger partial charge in [0.05, 0.1) is 23.6 Å². The van der Waals surface area contributed by atoms with E-state index in [9.17, 15) is 8.78 Å². The van der Waals surface area contributed by atoms with Crippen LogP contribution in [0.25, 0.3) is 10.9 Å². The molecule has 10 heteroatoms. The van der Waals surface area contributed by atoms with E-state index in [1.54, 1.807) is 0 Å². The van der Waals surface area contributed by atoms with Crippen LogP contribution in [0.1, 0.15) is 32.6 Å². The summed E-state index contributed by atoms with van der Waals surface area (Å²) < 4.78 is 40.6. The average molecular weight is 454 g/mol. The van der Waals surface area contributed by atoms with Crippen LogP contribution in [0.4, 0.5) is 14.6 Å². The second-order valence-corrected chi connectivity index (χ2v) is 9.15. The number of pyridine rings is 1. The first-order valence-electron chi connectivity index (χ1n) is 10.8. The van der Waals surface area contributed by atoms with E-state index >= 15 is 0 Å². The highest BCUT2D eigenvalue weighted by Crippen LogP contribution is 2.40. The normalized spacial score (nSPS) is 29.4. The zero-order valence-corrected chi connectivity index (χ0v) is 18.2. The van der Waals surface area contributed by atoms with Crippen LogP contribution in [0.3, 0.4) is 0 Å². The molecule has 5 rings (SSSR count). The van der Waals surface area contributed by atoms with Crippen molar-refractivity contribution in [1.82, 2.24) is 19.9 Å². The number of halogens is 3. The number of fused-ring (bicyclic) bond motifs is 2. The third-order valence-electron chi connectivity index (χ3n) is 6.68. The van der Waals surface area contributed by atoms with Gasteiger partial charge in [-0.2, -0.15) is 9.97 Å². The summed E-state index contributed by atoms with van der Waals surface area (Å²) in [5.74, 6) is -0.145. The van der Waals surface area contributed by atoms with Crippen molar-refractivity contribution in [3.63, 3.8) is 0 Å². The van der Waals surface area contributed by atoms with Gasteiger partial charge in [-0.1, -0.05) is 11.6 Å². The van der Waals surface area contributed by atoms with Crippen molar-refractivity contribution in [2.45, 2.75) is 50.4 Å². The molecule has 168 valence electrons. The van der Waals surface area contributed by atoms with Gasteiger partial charge >= 0.3 is 6.01 Å². The van der Waals surface area contributed by atoms with Gasteiger partial charge in [0.1, 0.15) is 24.1 Å². The molecule has 3 fully saturated rings. The Balaban J connectivity index is 1.52. The minimum atomic E-state index is -0.850. The summed E-state index contributed by atoms with van der Waals surface area (Å²) in [6, 6.07) is 0.114. The highest BCUT2D eigenvalue weighted by atomic mass is 35.5. The molecule has 31 heavy (non-hydrogen) atoms. The van der Waals surface area contributed by atoms with Crippen molar-refractivity contribution in [1.29, 1.82) is 0 Å². The number of ether oxygens (including phenoxy) is 2. The number of aromatic nitrogens is 3. The number of nitrogens with zero attached hydrogens (tertiary/aromatic N) is 5. The van der Waals surface area contributed by atoms with Crippen molar-refractivity contribution in [3.8, 4) is 6.01 Å². The molecule has 0 N–H and O–H groups in total. The van der Waals surface area contributed by atoms with E-state index in [4.69, 9.17) is 21.1 Å². The van der Waals surface area contributed by atoms with Gasteiger partial charge in [0.2, 0.25) is 0 Å². The zero-order valence-electron chi connectivity index (χ0n) is 17.5. The Morgan fingerprint density at radius 3 is 3.06 bits per heavy atom. The van der Waals surface area contributed by atoms with E-state index in [0.29, 0.717) is 43.9 Å². The fourth-order valence-corrected chi connectivity index (χ4v) is 5.28. The number of anilines is 1. The number of hydrogen-bond acceptors (Lipinski definition) is 7. The summed E-state index contributed by atoms with van der Waals surface area (Å²) >= 11 is 5.93. The van der Waals surface area contributed by atoms with E-state index in [-0.39, 0.29) is 34.9 Å². The SMILES string of the molecule is CC1COCCCN1c1nc(OC[C@@]23CCCN2C[C@H](F)C3)nc2c(F)c(Cl)ncc12. The second kappa shape index (κ2) is 8.26. The summed E-state index contributed by atoms with van der Waals surface area (Å²) in [5, 5.41) is 0.236. The maximum absolute atomic E-state index is 14.9. The molecule has 1 unspecified atom stereocenters. The van der Waals surface area contributed by atoms with Gasteiger partial charge in [0, 0.05) is 32.3 Å². The Morgan fingerprint density at radius 2 is 2.19 bits per heavy atom. The van der Waals surface area contributed by atoms with Crippen molar-refractivity contribution in [2.24, 2.45) is 0 Å². The Kier molecular flexibility index (Phi) is 5.60. The van der Waals surface area contributed by atoms with Crippen LogP contribution in [-0.2, 0) is 4.74 Å². The average Bonchev–Trinajstić information content (AvgIpc) is 3.18. The van der Waals surface area contributed by atoms with E-state index in [0.717, 1.165) is 25.8 Å². The molecule has 3 saturated heterocycles. The highest BCUT2D eigenvalue weighted by molar-refractivity contribution is 6.30. The Hall–Kier alpha value is -1.84. The lowest BCUT2D eigenvalue weighted by atomic mass is 9.95. The number of hydrogen-bond donors (Lipinski definition) is 0. The van der Waals surface area contributed by atoms with Gasteiger partial charge in [-0.25, -0.2) is 13.8 Å². The first-order valence-corrected chi connectivity index (χ1v) is 11.2. The summed E-state index contributed by atoms with van der Waals surface area (Å²) in [5.41, 5.74) is -0.260. The van der Waals surface area contributed by atoms with Crippen molar-refractivity contribution in [3.05, 3.63) is 17.2 Å². The topological polar surface area (TPSA) is 63.6 Å². The first kappa shape index (κ1) is 21.0. The van der Waals surface area contributed by atoms with Crippen molar-refractivity contribution >= 4 is 28.3 Å². The predicted octanol–water partition coefficient (Wildman–Crippen LogP) is 3.39. The highest BCUT2D eigenvalue weighted by Gasteiger charge is 2.49. The van der Waals surface area contributed by atoms with Gasteiger partial charge in [0.25, 0.3) is 0 Å². The Labute approximate surface area is 184 Å². The van der Waals surface area contributed by atoms with Crippen LogP contribution in [-0.4, -0.2) is 77.1 Å². The molecule has 7 nitrogen and oxygen atoms in total. The lowest BCUT2D eigenvalue weighted by Gasteiger charge is -2.31. The molecule has 2 aromatic heterocycles. The predicted molar refractivity (Wildman–Crippen MR) is 113 cm³/mol. The molecular weight excluding hydrogens is 428 g/mol. The van der Waals surface area contributed by atoms with Gasteiger partial charge in [-0.3, -0.25) is 4.90 Å². The van der Waals surface area contributed by atoms with E-state index in [2.05, 4.69) is 24.8 Å². The first-order chi connectivity index (χ1) is 15.0. The minimum absolute atomic E-state index is 0.0400. The van der Waals surface area contributed by atoms with E-state index in [1.807, 2.05) is 6.92 Å². The molecule has 0 radical (unpaired) electrons. The number of rotatable bonds is 4. The van der Waals surface area contributed by atoms with Crippen LogP contribution in [0.5, 0.6) is 6.01 Å². The lowest BCUT2D eigenvalue weighted by Crippen LogP contribution is -2.43. The minimum Gasteiger partial charge on any atom is -0.461 e. The van der Waals surface area contributed by atoms with Crippen LogP contribution < -0.4 is 9.64 Å². The van der Waals surface area contributed by atoms with Crippen LogP contribution in [0.2, 0.25) is 5.15 Å². The second-order valence-electron chi connectivity index (χ2n) is 8.79. The van der Waals surface area contributed by atoms with Gasteiger partial charge in [-0.15, -0.1) is 0 Å². The Morgan fingerprint density at radius 1 is 1.32 bits per heavy atom. The molecule has 0 amide bonds. The third-order valence-corrected chi connectivity index (χ3v) is 6.95. The van der Waals surface area contributed by atoms with Crippen LogP contribution >= 0.6 is 11.6 Å². The maximum Gasteiger partial charge on any atom is 0.319 e. The fraction of sp³-hybridized carbons (Fsp3) is 0.667. The molecule has 3 aliphatic heterocycles. The molecule has 3 aliphatic rings. The van der Waals surface area contributed by atoms with E-state index in [1.165, 1.54) is 6.20 Å². The van der Waals surface area contributed by atoms with Gasteiger partial charge < -0.3 is 14.4 Å². The summed E-state index contributed by atoms with van der Waals surface area (Å²) in [4.78, 5) is 17.2. The Bertz CT molecular complexity index is 982. The van der Waals surface area contributed by atoms with E-state index < -0.39 is 12.0 Å². The smallest absolute Gasteiger partial charge is 0.319 e. The van der Waals surface area contributed by atoms with Crippen molar-refractivity contribution < 1.29 is 18.3 Å². The monoisotopic (exact) mass is 453 g/mol. The molecule has 0 aliphatic carbocycles. The zero-order chi connectivity index (χ0) is 21.6. The van der Waals surface area contributed by atoms with Crippen LogP contribution in [0, 0.1) is 5.82 Å². The fourth-order valence-electron chi connectivity index (χ4n) is 5.15. The molecule has 0 saturated carbocycles. The molecule has 5 heterocycles. The lowest BCUT2D eigenvalue weighted by molar-refractivity contribution is 0.107. The van der Waals surface area contributed by atoms with Crippen molar-refractivity contribution in [2.75, 3.05) is 44.4 Å². The third kappa shape index (κ3) is 3.81. The molecule has 0 spiro atoms. The quantitative estimate of drug-likeness (QED) is 0.657. The molecular formula is C21H26ClF2N5O2.